The van der Waals surface area contributed by atoms with Gasteiger partial charge in [0.05, 0.1) is 0 Å². The van der Waals surface area contributed by atoms with Crippen molar-refractivity contribution in [2.24, 2.45) is 0 Å². The SMILES string of the molecule is Cl.O[SiH2]O. The van der Waals surface area contributed by atoms with Crippen LogP contribution in [0.1, 0.15) is 0 Å². The van der Waals surface area contributed by atoms with Gasteiger partial charge in [0.25, 0.3) is 10.0 Å². The minimum absolute atomic E-state index is 0. The molecule has 0 rings (SSSR count). The molecule has 4 heteroatoms. The van der Waals surface area contributed by atoms with Gasteiger partial charge in [-0.05, 0) is 0 Å². The molecule has 0 fully saturated rings. The van der Waals surface area contributed by atoms with Crippen molar-refractivity contribution in [1.29, 1.82) is 0 Å². The number of rotatable bonds is 0. The molecule has 0 aromatic carbocycles. The van der Waals surface area contributed by atoms with E-state index in [1.165, 1.54) is 0 Å². The van der Waals surface area contributed by atoms with E-state index in [2.05, 4.69) is 0 Å². The van der Waals surface area contributed by atoms with Crippen LogP contribution in [-0.2, 0) is 0 Å². The summed E-state index contributed by atoms with van der Waals surface area (Å²) in [5.41, 5.74) is 0. The summed E-state index contributed by atoms with van der Waals surface area (Å²) in [5, 5.41) is 0. The van der Waals surface area contributed by atoms with Crippen molar-refractivity contribution in [3.63, 3.8) is 0 Å². The van der Waals surface area contributed by atoms with Gasteiger partial charge in [0.15, 0.2) is 0 Å². The van der Waals surface area contributed by atoms with Crippen LogP contribution in [0, 0.1) is 0 Å². The molecule has 0 aromatic heterocycles. The highest BCUT2D eigenvalue weighted by atomic mass is 35.5. The topological polar surface area (TPSA) is 40.5 Å². The van der Waals surface area contributed by atoms with Crippen LogP contribution in [0.3, 0.4) is 0 Å². The zero-order valence-electron chi connectivity index (χ0n) is 2.01. The van der Waals surface area contributed by atoms with Gasteiger partial charge in [-0.3, -0.25) is 0 Å². The van der Waals surface area contributed by atoms with Crippen molar-refractivity contribution in [3.05, 3.63) is 0 Å². The number of hydrogen-bond acceptors (Lipinski definition) is 2. The van der Waals surface area contributed by atoms with Crippen molar-refractivity contribution in [1.82, 2.24) is 0 Å². The molecule has 2 N–H and O–H groups in total. The van der Waals surface area contributed by atoms with Gasteiger partial charge in [-0.15, -0.1) is 12.4 Å². The van der Waals surface area contributed by atoms with Gasteiger partial charge in [-0.2, -0.15) is 0 Å². The molecule has 2 nitrogen and oxygen atoms in total. The fourth-order valence-electron chi connectivity index (χ4n) is 0. The highest BCUT2D eigenvalue weighted by Gasteiger charge is 1.40. The van der Waals surface area contributed by atoms with Crippen molar-refractivity contribution >= 4 is 22.4 Å². The lowest BCUT2D eigenvalue weighted by Crippen LogP contribution is -1.75. The second kappa shape index (κ2) is 9.91. The van der Waals surface area contributed by atoms with Crippen LogP contribution in [0.5, 0.6) is 0 Å². The molecule has 0 saturated heterocycles. The lowest BCUT2D eigenvalue weighted by Gasteiger charge is -1.52. The van der Waals surface area contributed by atoms with Gasteiger partial charge in [0.2, 0.25) is 0 Å². The normalized spacial score (nSPS) is 4.50. The first-order valence-electron chi connectivity index (χ1n) is 0.632. The maximum Gasteiger partial charge on any atom is 0.299 e. The van der Waals surface area contributed by atoms with Gasteiger partial charge in [-0.25, -0.2) is 0 Å². The molecule has 28 valence electrons. The monoisotopic (exact) mass is 100.0 g/mol. The third kappa shape index (κ3) is 27.1. The molecule has 0 bridgehead atoms. The molecule has 0 aliphatic heterocycles. The Morgan fingerprint density at radius 3 is 1.25 bits per heavy atom. The molecule has 0 saturated carbocycles. The minimum Gasteiger partial charge on any atom is -0.415 e. The van der Waals surface area contributed by atoms with Crippen molar-refractivity contribution in [2.45, 2.75) is 0 Å². The van der Waals surface area contributed by atoms with E-state index in [1.54, 1.807) is 0 Å². The Balaban J connectivity index is 0. The number of hydrogen-bond donors (Lipinski definition) is 2. The van der Waals surface area contributed by atoms with Gasteiger partial charge in [0.1, 0.15) is 0 Å². The van der Waals surface area contributed by atoms with Crippen molar-refractivity contribution < 1.29 is 9.59 Å². The molecule has 0 amide bonds. The van der Waals surface area contributed by atoms with Crippen LogP contribution in [0.15, 0.2) is 0 Å². The average Bonchev–Trinajstić information content (AvgIpc) is 0.918. The maximum absolute atomic E-state index is 7.26. The summed E-state index contributed by atoms with van der Waals surface area (Å²) >= 11 is 0. The highest BCUT2D eigenvalue weighted by Crippen LogP contribution is 1.08. The fraction of sp³-hybridized carbons (Fsp3) is 0. The minimum atomic E-state index is -1.58. The Morgan fingerprint density at radius 2 is 1.25 bits per heavy atom. The van der Waals surface area contributed by atoms with Gasteiger partial charge in [-0.1, -0.05) is 0 Å². The van der Waals surface area contributed by atoms with Crippen LogP contribution in [0.25, 0.3) is 0 Å². The molecule has 0 heterocycles. The molecule has 0 aliphatic rings. The lowest BCUT2D eigenvalue weighted by atomic mass is 15.8. The summed E-state index contributed by atoms with van der Waals surface area (Å²) in [4.78, 5) is 14.5. The Hall–Kier alpha value is 0.427. The average molecular weight is 101 g/mol. The van der Waals surface area contributed by atoms with Crippen LogP contribution in [-0.4, -0.2) is 19.6 Å². The molecule has 0 aromatic rings. The van der Waals surface area contributed by atoms with E-state index in [0.717, 1.165) is 0 Å². The molecular formula is H5ClO2Si. The first kappa shape index (κ1) is 8.83. The molecule has 4 heavy (non-hydrogen) atoms. The standard InChI is InChI=1S/ClH.H4O2Si/c;1-3-2/h1H;1-2H,3H2. The van der Waals surface area contributed by atoms with E-state index < -0.39 is 10.0 Å². The Kier molecular flexibility index (Phi) is 21.9. The lowest BCUT2D eigenvalue weighted by molar-refractivity contribution is 0.448. The summed E-state index contributed by atoms with van der Waals surface area (Å²) in [7, 11) is -1.58. The van der Waals surface area contributed by atoms with Gasteiger partial charge in [0, 0.05) is 0 Å². The molecule has 0 aliphatic carbocycles. The van der Waals surface area contributed by atoms with E-state index in [9.17, 15) is 0 Å². The predicted octanol–water partition coefficient (Wildman–Crippen LogP) is -1.61. The summed E-state index contributed by atoms with van der Waals surface area (Å²) in [6.45, 7) is 0. The molecule has 0 unspecified atom stereocenters. The van der Waals surface area contributed by atoms with E-state index >= 15 is 0 Å². The Labute approximate surface area is 32.9 Å². The zero-order valence-corrected chi connectivity index (χ0v) is 4.24. The summed E-state index contributed by atoms with van der Waals surface area (Å²) in [5.74, 6) is 0. The molecule has 0 spiro atoms. The number of halogens is 1. The second-order valence-corrected chi connectivity index (χ2v) is 0.424. The van der Waals surface area contributed by atoms with E-state index in [1.807, 2.05) is 0 Å². The first-order valence-corrected chi connectivity index (χ1v) is 1.90. The summed E-state index contributed by atoms with van der Waals surface area (Å²) in [6.07, 6.45) is 0. The van der Waals surface area contributed by atoms with Crippen molar-refractivity contribution in [3.8, 4) is 0 Å². The van der Waals surface area contributed by atoms with Gasteiger partial charge < -0.3 is 9.59 Å². The third-order valence-electron chi connectivity index (χ3n) is 0. The summed E-state index contributed by atoms with van der Waals surface area (Å²) < 4.78 is 0. The molecule has 0 radical (unpaired) electrons. The van der Waals surface area contributed by atoms with Crippen LogP contribution in [0.2, 0.25) is 0 Å². The molecular weight excluding hydrogens is 95.5 g/mol. The second-order valence-electron chi connectivity index (χ2n) is 0.141. The van der Waals surface area contributed by atoms with Crippen LogP contribution in [0.4, 0.5) is 0 Å². The maximum atomic E-state index is 7.26. The van der Waals surface area contributed by atoms with Crippen LogP contribution >= 0.6 is 12.4 Å². The first-order chi connectivity index (χ1) is 1.41. The third-order valence-corrected chi connectivity index (χ3v) is 0. The smallest absolute Gasteiger partial charge is 0.299 e. The van der Waals surface area contributed by atoms with E-state index in [4.69, 9.17) is 9.59 Å². The summed E-state index contributed by atoms with van der Waals surface area (Å²) in [6, 6.07) is 0. The van der Waals surface area contributed by atoms with Gasteiger partial charge >= 0.3 is 0 Å². The Morgan fingerprint density at radius 1 is 1.25 bits per heavy atom. The fourth-order valence-corrected chi connectivity index (χ4v) is 0. The largest absolute Gasteiger partial charge is 0.415 e. The highest BCUT2D eigenvalue weighted by molar-refractivity contribution is 6.13. The van der Waals surface area contributed by atoms with Crippen LogP contribution < -0.4 is 0 Å². The zero-order chi connectivity index (χ0) is 2.71. The van der Waals surface area contributed by atoms with E-state index in [0.29, 0.717) is 0 Å². The Bertz CT molecular complexity index is 6.00. The van der Waals surface area contributed by atoms with Crippen molar-refractivity contribution in [2.75, 3.05) is 0 Å². The predicted molar refractivity (Wildman–Crippen MR) is 20.2 cm³/mol. The van der Waals surface area contributed by atoms with E-state index in [-0.39, 0.29) is 12.4 Å². The molecule has 0 atom stereocenters. The quantitative estimate of drug-likeness (QED) is 0.360.